The van der Waals surface area contributed by atoms with Crippen molar-refractivity contribution in [2.75, 3.05) is 19.0 Å². The molecule has 3 unspecified atom stereocenters. The number of aryl methyl sites for hydroxylation is 1. The molecule has 3 rings (SSSR count). The molecule has 0 amide bonds. The highest BCUT2D eigenvalue weighted by Gasteiger charge is 2.22. The number of thioether (sulfide) groups is 1. The van der Waals surface area contributed by atoms with E-state index in [1.54, 1.807) is 11.8 Å². The second kappa shape index (κ2) is 21.2. The molecule has 1 aliphatic rings. The van der Waals surface area contributed by atoms with Gasteiger partial charge in [-0.05, 0) is 110 Å². The van der Waals surface area contributed by atoms with Gasteiger partial charge in [-0.1, -0.05) is 103 Å². The lowest BCUT2D eigenvalue weighted by atomic mass is 9.82. The van der Waals surface area contributed by atoms with Gasteiger partial charge in [0.2, 0.25) is 0 Å². The fraction of sp³-hybridized carbons (Fsp3) is 0.605. The number of thiol groups is 1. The second-order valence-corrected chi connectivity index (χ2v) is 14.4. The largest absolute Gasteiger partial charge is 0.396 e. The summed E-state index contributed by atoms with van der Waals surface area (Å²) in [6, 6.07) is 13.9. The lowest BCUT2D eigenvalue weighted by molar-refractivity contribution is 0.203. The highest BCUT2D eigenvalue weighted by atomic mass is 32.2. The van der Waals surface area contributed by atoms with Gasteiger partial charge in [-0.3, -0.25) is 4.99 Å². The van der Waals surface area contributed by atoms with E-state index < -0.39 is 0 Å². The van der Waals surface area contributed by atoms with Gasteiger partial charge in [0, 0.05) is 29.7 Å². The molecule has 5 heteroatoms. The van der Waals surface area contributed by atoms with E-state index in [1.807, 2.05) is 6.92 Å². The summed E-state index contributed by atoms with van der Waals surface area (Å²) in [6.45, 7) is 24.9. The third kappa shape index (κ3) is 14.0. The van der Waals surface area contributed by atoms with Gasteiger partial charge in [-0.2, -0.15) is 12.6 Å². The Hall–Kier alpha value is -1.53. The van der Waals surface area contributed by atoms with Gasteiger partial charge in [0.25, 0.3) is 0 Å². The van der Waals surface area contributed by atoms with Gasteiger partial charge < -0.3 is 10.2 Å². The van der Waals surface area contributed by atoms with Crippen molar-refractivity contribution >= 4 is 34.3 Å². The molecule has 0 saturated carbocycles. The van der Waals surface area contributed by atoms with Crippen LogP contribution in [0.3, 0.4) is 0 Å². The summed E-state index contributed by atoms with van der Waals surface area (Å²) in [4.78, 5) is 6.25. The predicted octanol–water partition coefficient (Wildman–Crippen LogP) is 10.2. The van der Waals surface area contributed by atoms with Crippen LogP contribution in [0.5, 0.6) is 0 Å². The Morgan fingerprint density at radius 3 is 2.28 bits per heavy atom. The van der Waals surface area contributed by atoms with Crippen LogP contribution in [-0.4, -0.2) is 40.3 Å². The maximum Gasteiger partial charge on any atom is 0.103 e. The number of nitrogens with zero attached hydrogens (tertiary/aromatic N) is 1. The molecular formula is C38H61NO2S2. The molecule has 2 aromatic rings. The number of aliphatic hydroxyl groups excluding tert-OH is 2. The number of benzene rings is 2. The van der Waals surface area contributed by atoms with Gasteiger partial charge in [-0.25, -0.2) is 0 Å². The molecule has 3 atom stereocenters. The van der Waals surface area contributed by atoms with E-state index in [0.29, 0.717) is 36.3 Å². The number of rotatable bonds is 11. The predicted molar refractivity (Wildman–Crippen MR) is 197 cm³/mol. The van der Waals surface area contributed by atoms with E-state index >= 15 is 0 Å². The fourth-order valence-corrected chi connectivity index (χ4v) is 5.88. The van der Waals surface area contributed by atoms with Crippen LogP contribution >= 0.6 is 24.4 Å². The summed E-state index contributed by atoms with van der Waals surface area (Å²) < 4.78 is 0. The van der Waals surface area contributed by atoms with Crippen LogP contribution in [0.25, 0.3) is 4.91 Å². The maximum absolute atomic E-state index is 8.51. The number of aliphatic hydroxyl groups is 2. The highest BCUT2D eigenvalue weighted by Crippen LogP contribution is 2.37. The third-order valence-corrected chi connectivity index (χ3v) is 9.54. The highest BCUT2D eigenvalue weighted by molar-refractivity contribution is 8.22. The maximum atomic E-state index is 8.51. The van der Waals surface area contributed by atoms with Crippen molar-refractivity contribution in [3.63, 3.8) is 0 Å². The van der Waals surface area contributed by atoms with Crippen LogP contribution in [0.4, 0.5) is 0 Å². The molecular weight excluding hydrogens is 567 g/mol. The number of hydrogen-bond donors (Lipinski definition) is 3. The van der Waals surface area contributed by atoms with E-state index in [0.717, 1.165) is 41.4 Å². The van der Waals surface area contributed by atoms with Gasteiger partial charge >= 0.3 is 0 Å². The average molecular weight is 628 g/mol. The fourth-order valence-electron chi connectivity index (χ4n) is 4.72. The Kier molecular flexibility index (Phi) is 19.5. The molecule has 0 heterocycles. The van der Waals surface area contributed by atoms with E-state index in [1.165, 1.54) is 46.2 Å². The Morgan fingerprint density at radius 1 is 1.09 bits per heavy atom. The van der Waals surface area contributed by atoms with Crippen LogP contribution in [0.15, 0.2) is 48.0 Å². The Bertz CT molecular complexity index is 1120. The van der Waals surface area contributed by atoms with Crippen LogP contribution in [0.2, 0.25) is 0 Å². The average Bonchev–Trinajstić information content (AvgIpc) is 2.98. The summed E-state index contributed by atoms with van der Waals surface area (Å²) in [7, 11) is 0. The van der Waals surface area contributed by atoms with Crippen molar-refractivity contribution in [2.45, 2.75) is 113 Å². The van der Waals surface area contributed by atoms with Gasteiger partial charge in [-0.15, -0.1) is 0 Å². The summed E-state index contributed by atoms with van der Waals surface area (Å²) >= 11 is 5.59. The molecule has 242 valence electrons. The van der Waals surface area contributed by atoms with E-state index in [4.69, 9.17) is 15.2 Å². The quantitative estimate of drug-likeness (QED) is 0.132. The van der Waals surface area contributed by atoms with Crippen molar-refractivity contribution in [2.24, 2.45) is 22.7 Å². The summed E-state index contributed by atoms with van der Waals surface area (Å²) in [6.07, 6.45) is 6.69. The molecule has 43 heavy (non-hydrogen) atoms. The Labute approximate surface area is 274 Å². The molecule has 3 nitrogen and oxygen atoms in total. The molecule has 0 bridgehead atoms. The molecule has 0 fully saturated rings. The molecule has 0 spiro atoms. The van der Waals surface area contributed by atoms with Crippen molar-refractivity contribution in [3.8, 4) is 0 Å². The van der Waals surface area contributed by atoms with Gasteiger partial charge in [0.15, 0.2) is 0 Å². The zero-order valence-corrected chi connectivity index (χ0v) is 30.3. The van der Waals surface area contributed by atoms with Crippen LogP contribution in [0.1, 0.15) is 120 Å². The first-order valence-corrected chi connectivity index (χ1v) is 17.8. The lowest BCUT2D eigenvalue weighted by Crippen LogP contribution is -2.13. The molecule has 0 aromatic heterocycles. The number of fused-ring (bicyclic) bond motifs is 1. The molecule has 0 aliphatic heterocycles. The molecule has 0 radical (unpaired) electrons. The first kappa shape index (κ1) is 39.5. The number of aliphatic imine (C=N–C) groups is 1. The van der Waals surface area contributed by atoms with Gasteiger partial charge in [0.1, 0.15) is 5.04 Å². The van der Waals surface area contributed by atoms with Crippen molar-refractivity contribution < 1.29 is 10.2 Å². The summed E-state index contributed by atoms with van der Waals surface area (Å²) in [5.41, 5.74) is 8.36. The molecule has 1 aliphatic carbocycles. The monoisotopic (exact) mass is 627 g/mol. The van der Waals surface area contributed by atoms with Crippen molar-refractivity contribution in [3.05, 3.63) is 76.4 Å². The number of hydrogen-bond acceptors (Lipinski definition) is 5. The van der Waals surface area contributed by atoms with Crippen molar-refractivity contribution in [1.82, 2.24) is 0 Å². The van der Waals surface area contributed by atoms with Crippen LogP contribution in [-0.2, 0) is 12.8 Å². The Balaban J connectivity index is 0.000000650. The third-order valence-electron chi connectivity index (χ3n) is 8.22. The van der Waals surface area contributed by atoms with Crippen molar-refractivity contribution in [1.29, 1.82) is 0 Å². The second-order valence-electron chi connectivity index (χ2n) is 12.8. The first-order valence-electron chi connectivity index (χ1n) is 16.4. The minimum absolute atomic E-state index is 0.267. The minimum atomic E-state index is 0.267. The smallest absolute Gasteiger partial charge is 0.103 e. The first-order chi connectivity index (χ1) is 20.4. The zero-order valence-electron chi connectivity index (χ0n) is 28.6. The molecule has 2 N–H and O–H groups in total. The normalized spacial score (nSPS) is 16.0. The summed E-state index contributed by atoms with van der Waals surface area (Å²) in [5, 5.41) is 17.7. The summed E-state index contributed by atoms with van der Waals surface area (Å²) in [5.74, 6) is 3.17. The topological polar surface area (TPSA) is 52.8 Å². The lowest BCUT2D eigenvalue weighted by Gasteiger charge is -2.25. The van der Waals surface area contributed by atoms with E-state index in [2.05, 4.69) is 111 Å². The van der Waals surface area contributed by atoms with E-state index in [9.17, 15) is 0 Å². The van der Waals surface area contributed by atoms with Crippen LogP contribution in [0, 0.1) is 24.7 Å². The zero-order chi connectivity index (χ0) is 32.5. The minimum Gasteiger partial charge on any atom is -0.396 e. The molecule has 2 aromatic carbocycles. The SMILES string of the molecule is C=C(SC(=NC(C)CC)c1cccc2c1CCCC2C)c1ccc(CC(C)C)c(C)c1.CC(C)C(C)CO.OCCCS. The van der Waals surface area contributed by atoms with Crippen LogP contribution < -0.4 is 0 Å². The Morgan fingerprint density at radius 2 is 1.79 bits per heavy atom. The molecule has 0 saturated heterocycles. The van der Waals surface area contributed by atoms with E-state index in [-0.39, 0.29) is 6.61 Å². The standard InChI is InChI=1S/C29H39NS.C6H14O.C3H8OS/c1-8-22(6)30-29(28-14-10-12-26-20(4)11-9-13-27(26)28)31-23(7)25-16-15-24(17-19(2)3)21(5)18-25;1-5(2)6(3)4-7;4-2-1-3-5/h10,12,14-16,18-20,22H,7-9,11,13,17H2,1-6H3;5-7H,4H2,1-3H3;4-5H,1-3H2. The van der Waals surface area contributed by atoms with Gasteiger partial charge in [0.05, 0.1) is 0 Å².